The molecular weight excluding hydrogens is 230 g/mol. The summed E-state index contributed by atoms with van der Waals surface area (Å²) in [4.78, 5) is 0. The lowest BCUT2D eigenvalue weighted by Gasteiger charge is -2.14. The first-order chi connectivity index (χ1) is 8.20. The van der Waals surface area contributed by atoms with Crippen molar-refractivity contribution in [3.05, 3.63) is 45.5 Å². The van der Waals surface area contributed by atoms with Crippen molar-refractivity contribution in [2.24, 2.45) is 0 Å². The molecule has 2 aromatic rings. The van der Waals surface area contributed by atoms with Crippen LogP contribution in [-0.4, -0.2) is 7.05 Å². The van der Waals surface area contributed by atoms with Crippen LogP contribution in [0.3, 0.4) is 0 Å². The third-order valence-electron chi connectivity index (χ3n) is 3.11. The minimum absolute atomic E-state index is 0.382. The van der Waals surface area contributed by atoms with E-state index in [2.05, 4.69) is 28.2 Å². The molecule has 0 aliphatic carbocycles. The molecule has 17 heavy (non-hydrogen) atoms. The Hall–Kier alpha value is -1.06. The summed E-state index contributed by atoms with van der Waals surface area (Å²) in [7, 11) is 2.01. The van der Waals surface area contributed by atoms with Crippen molar-refractivity contribution >= 4 is 11.3 Å². The van der Waals surface area contributed by atoms with E-state index in [4.69, 9.17) is 4.42 Å². The van der Waals surface area contributed by atoms with E-state index in [9.17, 15) is 0 Å². The van der Waals surface area contributed by atoms with E-state index in [1.54, 1.807) is 11.3 Å². The van der Waals surface area contributed by atoms with Crippen LogP contribution in [0.4, 0.5) is 0 Å². The van der Waals surface area contributed by atoms with E-state index in [0.29, 0.717) is 6.04 Å². The number of nitrogens with one attached hydrogen (secondary N) is 1. The van der Waals surface area contributed by atoms with Gasteiger partial charge in [-0.3, -0.25) is 0 Å². The first-order valence-corrected chi connectivity index (χ1v) is 6.90. The van der Waals surface area contributed by atoms with E-state index < -0.39 is 0 Å². The summed E-state index contributed by atoms with van der Waals surface area (Å²) in [6, 6.07) is 4.72. The standard InChI is InChI=1S/C14H19NOS/c1-10-8-13(11(2)16-10)14(15-3)5-4-12-6-7-17-9-12/h6-9,14-15H,4-5H2,1-3H3. The fourth-order valence-corrected chi connectivity index (χ4v) is 2.90. The summed E-state index contributed by atoms with van der Waals surface area (Å²) < 4.78 is 5.60. The Morgan fingerprint density at radius 1 is 1.41 bits per heavy atom. The molecule has 2 rings (SSSR count). The van der Waals surface area contributed by atoms with Gasteiger partial charge in [-0.1, -0.05) is 0 Å². The van der Waals surface area contributed by atoms with Crippen molar-refractivity contribution in [3.8, 4) is 0 Å². The van der Waals surface area contributed by atoms with Gasteiger partial charge in [-0.15, -0.1) is 0 Å². The first kappa shape index (κ1) is 12.4. The number of rotatable bonds is 5. The molecule has 0 saturated carbocycles. The van der Waals surface area contributed by atoms with Gasteiger partial charge >= 0.3 is 0 Å². The second-order valence-corrected chi connectivity index (χ2v) is 5.16. The average Bonchev–Trinajstić information content (AvgIpc) is 2.90. The summed E-state index contributed by atoms with van der Waals surface area (Å²) in [5.74, 6) is 2.03. The van der Waals surface area contributed by atoms with Crippen LogP contribution in [0.15, 0.2) is 27.3 Å². The molecule has 0 aliphatic rings. The Labute approximate surface area is 107 Å². The molecule has 0 saturated heterocycles. The molecule has 2 nitrogen and oxygen atoms in total. The second-order valence-electron chi connectivity index (χ2n) is 4.38. The third kappa shape index (κ3) is 2.99. The van der Waals surface area contributed by atoms with Crippen molar-refractivity contribution < 1.29 is 4.42 Å². The molecule has 1 N–H and O–H groups in total. The van der Waals surface area contributed by atoms with Crippen LogP contribution in [0.1, 0.15) is 35.1 Å². The zero-order valence-corrected chi connectivity index (χ0v) is 11.4. The molecule has 1 atom stereocenters. The Morgan fingerprint density at radius 2 is 2.24 bits per heavy atom. The van der Waals surface area contributed by atoms with Gasteiger partial charge in [0.25, 0.3) is 0 Å². The zero-order valence-electron chi connectivity index (χ0n) is 10.6. The maximum absolute atomic E-state index is 5.60. The van der Waals surface area contributed by atoms with Gasteiger partial charge < -0.3 is 9.73 Å². The highest BCUT2D eigenvalue weighted by Gasteiger charge is 2.15. The van der Waals surface area contributed by atoms with Crippen molar-refractivity contribution in [1.29, 1.82) is 0 Å². The number of hydrogen-bond acceptors (Lipinski definition) is 3. The van der Waals surface area contributed by atoms with Gasteiger partial charge in [0.15, 0.2) is 0 Å². The summed E-state index contributed by atoms with van der Waals surface area (Å²) in [5, 5.41) is 7.74. The van der Waals surface area contributed by atoms with E-state index in [1.165, 1.54) is 11.1 Å². The zero-order chi connectivity index (χ0) is 12.3. The van der Waals surface area contributed by atoms with Crippen LogP contribution < -0.4 is 5.32 Å². The van der Waals surface area contributed by atoms with Gasteiger partial charge in [0.1, 0.15) is 11.5 Å². The van der Waals surface area contributed by atoms with Gasteiger partial charge in [0.05, 0.1) is 0 Å². The Balaban J connectivity index is 2.04. The smallest absolute Gasteiger partial charge is 0.105 e. The third-order valence-corrected chi connectivity index (χ3v) is 3.84. The van der Waals surface area contributed by atoms with Gasteiger partial charge in [-0.25, -0.2) is 0 Å². The molecule has 0 spiro atoms. The van der Waals surface area contributed by atoms with Gasteiger partial charge in [-0.2, -0.15) is 11.3 Å². The summed E-state index contributed by atoms with van der Waals surface area (Å²) in [5.41, 5.74) is 2.72. The lowest BCUT2D eigenvalue weighted by Crippen LogP contribution is -2.17. The molecule has 0 fully saturated rings. The monoisotopic (exact) mass is 249 g/mol. The molecule has 2 aromatic heterocycles. The van der Waals surface area contributed by atoms with Crippen LogP contribution >= 0.6 is 11.3 Å². The fourth-order valence-electron chi connectivity index (χ4n) is 2.20. The summed E-state index contributed by atoms with van der Waals surface area (Å²) >= 11 is 1.76. The summed E-state index contributed by atoms with van der Waals surface area (Å²) in [6.07, 6.45) is 2.21. The van der Waals surface area contributed by atoms with E-state index in [-0.39, 0.29) is 0 Å². The maximum atomic E-state index is 5.60. The highest BCUT2D eigenvalue weighted by molar-refractivity contribution is 7.07. The lowest BCUT2D eigenvalue weighted by atomic mass is 10.0. The SMILES string of the molecule is CNC(CCc1ccsc1)c1cc(C)oc1C. The highest BCUT2D eigenvalue weighted by atomic mass is 32.1. The highest BCUT2D eigenvalue weighted by Crippen LogP contribution is 2.25. The van der Waals surface area contributed by atoms with Crippen molar-refractivity contribution in [2.45, 2.75) is 32.7 Å². The van der Waals surface area contributed by atoms with Gasteiger partial charge in [0.2, 0.25) is 0 Å². The Kier molecular flexibility index (Phi) is 4.02. The molecule has 0 bridgehead atoms. The molecule has 92 valence electrons. The van der Waals surface area contributed by atoms with Crippen molar-refractivity contribution in [2.75, 3.05) is 7.05 Å². The molecule has 2 heterocycles. The Bertz CT molecular complexity index is 459. The van der Waals surface area contributed by atoms with Crippen molar-refractivity contribution in [3.63, 3.8) is 0 Å². The molecular formula is C14H19NOS. The van der Waals surface area contributed by atoms with E-state index in [1.807, 2.05) is 20.9 Å². The van der Waals surface area contributed by atoms with Crippen LogP contribution in [0.25, 0.3) is 0 Å². The fraction of sp³-hybridized carbons (Fsp3) is 0.429. The van der Waals surface area contributed by atoms with E-state index in [0.717, 1.165) is 24.4 Å². The predicted molar refractivity (Wildman–Crippen MR) is 72.6 cm³/mol. The van der Waals surface area contributed by atoms with Crippen LogP contribution in [0.5, 0.6) is 0 Å². The van der Waals surface area contributed by atoms with Crippen LogP contribution in [-0.2, 0) is 6.42 Å². The number of hydrogen-bond donors (Lipinski definition) is 1. The topological polar surface area (TPSA) is 25.2 Å². The predicted octanol–water partition coefficient (Wildman–Crippen LogP) is 3.85. The lowest BCUT2D eigenvalue weighted by molar-refractivity contribution is 0.484. The number of thiophene rings is 1. The molecule has 0 amide bonds. The maximum Gasteiger partial charge on any atom is 0.105 e. The van der Waals surface area contributed by atoms with Crippen LogP contribution in [0, 0.1) is 13.8 Å². The number of aryl methyl sites for hydroxylation is 3. The minimum Gasteiger partial charge on any atom is -0.466 e. The quantitative estimate of drug-likeness (QED) is 0.870. The van der Waals surface area contributed by atoms with E-state index >= 15 is 0 Å². The summed E-state index contributed by atoms with van der Waals surface area (Å²) in [6.45, 7) is 4.04. The molecule has 0 aromatic carbocycles. The second kappa shape index (κ2) is 5.52. The molecule has 0 radical (unpaired) electrons. The van der Waals surface area contributed by atoms with Crippen molar-refractivity contribution in [1.82, 2.24) is 5.32 Å². The molecule has 1 unspecified atom stereocenters. The van der Waals surface area contributed by atoms with Crippen LogP contribution in [0.2, 0.25) is 0 Å². The number of furan rings is 1. The normalized spacial score (nSPS) is 12.9. The first-order valence-electron chi connectivity index (χ1n) is 5.96. The average molecular weight is 249 g/mol. The Morgan fingerprint density at radius 3 is 2.76 bits per heavy atom. The van der Waals surface area contributed by atoms with Gasteiger partial charge in [0, 0.05) is 11.6 Å². The molecule has 3 heteroatoms. The largest absolute Gasteiger partial charge is 0.466 e. The minimum atomic E-state index is 0.382. The molecule has 0 aliphatic heterocycles. The van der Waals surface area contributed by atoms with Gasteiger partial charge in [-0.05, 0) is 62.2 Å².